The molecule has 4 rings (SSSR count). The zero-order valence-corrected chi connectivity index (χ0v) is 19.7. The van der Waals surface area contributed by atoms with Gasteiger partial charge in [-0.25, -0.2) is 17.2 Å². The van der Waals surface area contributed by atoms with Crippen LogP contribution < -0.4 is 15.8 Å². The maximum atomic E-state index is 13.4. The molecular weight excluding hydrogens is 496 g/mol. The number of anilines is 2. The molecule has 1 fully saturated rings. The van der Waals surface area contributed by atoms with Crippen LogP contribution in [-0.2, 0) is 15.1 Å². The van der Waals surface area contributed by atoms with Crippen LogP contribution in [0.5, 0.6) is 5.75 Å². The number of carbonyl (C=O) groups is 1. The molecule has 1 aliphatic rings. The number of hydrogen-bond donors (Lipinski definition) is 4. The van der Waals surface area contributed by atoms with Crippen molar-refractivity contribution in [3.05, 3.63) is 89.5 Å². The van der Waals surface area contributed by atoms with E-state index in [4.69, 9.17) is 0 Å². The van der Waals surface area contributed by atoms with E-state index >= 15 is 0 Å². The van der Waals surface area contributed by atoms with Gasteiger partial charge in [0.05, 0.1) is 23.8 Å². The lowest BCUT2D eigenvalue weighted by Crippen LogP contribution is -2.55. The fourth-order valence-corrected chi connectivity index (χ4v) is 4.68. The van der Waals surface area contributed by atoms with E-state index in [0.717, 1.165) is 6.07 Å². The number of rotatable bonds is 8. The predicted octanol–water partition coefficient (Wildman–Crippen LogP) is 3.92. The number of nitrogens with zero attached hydrogens (tertiary/aromatic N) is 1. The van der Waals surface area contributed by atoms with Gasteiger partial charge in [0.1, 0.15) is 17.4 Å². The number of halogens is 2. The minimum Gasteiger partial charge on any atom is -0.731 e. The van der Waals surface area contributed by atoms with Crippen LogP contribution in [0.25, 0.3) is 0 Å². The third-order valence-electron chi connectivity index (χ3n) is 5.92. The topological polar surface area (TPSA) is 165 Å². The first-order valence-electron chi connectivity index (χ1n) is 10.6. The SMILES string of the molecule is N.O=C1[C@H](CC[C@H](O)c2ccc(F)cc2)[C@@H](c2ccc(NS(=O)(=O)[O-])cc2O)N1c1ccc(F)cc1. The molecule has 6 N–H and O–H groups in total. The summed E-state index contributed by atoms with van der Waals surface area (Å²) < 4.78 is 61.2. The molecule has 3 atom stereocenters. The van der Waals surface area contributed by atoms with Crippen LogP contribution in [0.1, 0.15) is 36.1 Å². The Hall–Kier alpha value is -3.58. The largest absolute Gasteiger partial charge is 0.731 e. The molecule has 192 valence electrons. The number of carbonyl (C=O) groups excluding carboxylic acids is 1. The first-order valence-corrected chi connectivity index (χ1v) is 12.0. The molecule has 0 spiro atoms. The molecule has 36 heavy (non-hydrogen) atoms. The molecular formula is C24H24F2N3O6S-. The van der Waals surface area contributed by atoms with E-state index in [-0.39, 0.29) is 41.9 Å². The summed E-state index contributed by atoms with van der Waals surface area (Å²) in [4.78, 5) is 14.5. The quantitative estimate of drug-likeness (QED) is 0.258. The van der Waals surface area contributed by atoms with Crippen LogP contribution >= 0.6 is 0 Å². The summed E-state index contributed by atoms with van der Waals surface area (Å²) in [5.41, 5.74) is 1.01. The summed E-state index contributed by atoms with van der Waals surface area (Å²) in [5.74, 6) is -2.26. The minimum absolute atomic E-state index is 0. The van der Waals surface area contributed by atoms with Crippen LogP contribution in [0.2, 0.25) is 0 Å². The number of benzene rings is 3. The van der Waals surface area contributed by atoms with Gasteiger partial charge >= 0.3 is 0 Å². The molecule has 3 aromatic carbocycles. The Morgan fingerprint density at radius 2 is 1.58 bits per heavy atom. The Labute approximate surface area is 206 Å². The number of phenolic OH excluding ortho intramolecular Hbond substituents is 1. The highest BCUT2D eigenvalue weighted by molar-refractivity contribution is 7.87. The lowest BCUT2D eigenvalue weighted by molar-refractivity contribution is -0.131. The predicted molar refractivity (Wildman–Crippen MR) is 127 cm³/mol. The third-order valence-corrected chi connectivity index (χ3v) is 6.40. The van der Waals surface area contributed by atoms with E-state index in [1.807, 2.05) is 0 Å². The van der Waals surface area contributed by atoms with Crippen LogP contribution in [0, 0.1) is 17.6 Å². The monoisotopic (exact) mass is 520 g/mol. The molecule has 0 bridgehead atoms. The smallest absolute Gasteiger partial charge is 0.233 e. The average Bonchev–Trinajstić information content (AvgIpc) is 2.78. The highest BCUT2D eigenvalue weighted by Gasteiger charge is 2.49. The van der Waals surface area contributed by atoms with Crippen molar-refractivity contribution < 1.29 is 36.8 Å². The number of β-lactam (4-membered cyclic amide) rings is 1. The van der Waals surface area contributed by atoms with Crippen molar-refractivity contribution in [2.45, 2.75) is 25.0 Å². The highest BCUT2D eigenvalue weighted by atomic mass is 32.2. The van der Waals surface area contributed by atoms with E-state index in [2.05, 4.69) is 0 Å². The third kappa shape index (κ3) is 5.79. The standard InChI is InChI=1S/C24H22F2N2O6S.H3N/c25-15-3-1-14(2-4-15)21(29)12-11-20-23(28(24(20)31)18-8-5-16(26)6-9-18)19-10-7-17(13-22(19)30)27-35(32,33)34;/h1-10,13,20-21,23,27,29-30H,11-12H2,(H,32,33,34);1H3/p-1/t20-,21+,23-;/m1./s1. The molecule has 1 amide bonds. The maximum absolute atomic E-state index is 13.4. The second-order valence-electron chi connectivity index (χ2n) is 8.21. The van der Waals surface area contributed by atoms with Gasteiger partial charge in [-0.1, -0.05) is 18.2 Å². The lowest BCUT2D eigenvalue weighted by atomic mass is 9.78. The first kappa shape index (κ1) is 27.0. The zero-order chi connectivity index (χ0) is 25.3. The van der Waals surface area contributed by atoms with Gasteiger partial charge in [0.2, 0.25) is 5.91 Å². The van der Waals surface area contributed by atoms with Crippen LogP contribution in [-0.4, -0.2) is 29.1 Å². The second kappa shape index (κ2) is 10.6. The average molecular weight is 521 g/mol. The molecule has 0 aromatic heterocycles. The highest BCUT2D eigenvalue weighted by Crippen LogP contribution is 2.48. The number of amides is 1. The van der Waals surface area contributed by atoms with E-state index in [1.165, 1.54) is 65.6 Å². The number of nitrogens with one attached hydrogen (secondary N) is 1. The normalized spacial score (nSPS) is 18.2. The van der Waals surface area contributed by atoms with E-state index in [0.29, 0.717) is 11.3 Å². The van der Waals surface area contributed by atoms with Crippen molar-refractivity contribution in [3.63, 3.8) is 0 Å². The van der Waals surface area contributed by atoms with Crippen molar-refractivity contribution in [1.82, 2.24) is 6.15 Å². The van der Waals surface area contributed by atoms with Gasteiger partial charge in [-0.15, -0.1) is 0 Å². The molecule has 0 radical (unpaired) electrons. The molecule has 1 heterocycles. The summed E-state index contributed by atoms with van der Waals surface area (Å²) in [7, 11) is -4.81. The van der Waals surface area contributed by atoms with Crippen molar-refractivity contribution >= 4 is 27.6 Å². The van der Waals surface area contributed by atoms with E-state index in [9.17, 15) is 36.8 Å². The summed E-state index contributed by atoms with van der Waals surface area (Å²) in [5, 5.41) is 21.1. The summed E-state index contributed by atoms with van der Waals surface area (Å²) >= 11 is 0. The number of aromatic hydroxyl groups is 1. The van der Waals surface area contributed by atoms with E-state index in [1.54, 1.807) is 4.72 Å². The second-order valence-corrected chi connectivity index (χ2v) is 9.32. The number of aliphatic hydroxyl groups is 1. The van der Waals surface area contributed by atoms with Crippen molar-refractivity contribution in [2.24, 2.45) is 5.92 Å². The van der Waals surface area contributed by atoms with Crippen LogP contribution in [0.15, 0.2) is 66.7 Å². The Balaban J connectivity index is 0.00000361. The minimum atomic E-state index is -4.81. The fourth-order valence-electron chi connectivity index (χ4n) is 4.27. The molecule has 9 nitrogen and oxygen atoms in total. The van der Waals surface area contributed by atoms with Gasteiger partial charge in [-0.05, 0) is 60.9 Å². The number of aliphatic hydroxyl groups excluding tert-OH is 1. The molecule has 3 aromatic rings. The van der Waals surface area contributed by atoms with Crippen molar-refractivity contribution in [2.75, 3.05) is 9.62 Å². The molecule has 0 saturated carbocycles. The summed E-state index contributed by atoms with van der Waals surface area (Å²) in [6, 6.07) is 13.6. The molecule has 0 aliphatic carbocycles. The van der Waals surface area contributed by atoms with Crippen LogP contribution in [0.3, 0.4) is 0 Å². The lowest BCUT2D eigenvalue weighted by Gasteiger charge is -2.48. The van der Waals surface area contributed by atoms with Gasteiger partial charge in [0.25, 0.3) is 0 Å². The molecule has 12 heteroatoms. The first-order chi connectivity index (χ1) is 16.5. The van der Waals surface area contributed by atoms with Gasteiger partial charge in [0.15, 0.2) is 10.3 Å². The Bertz CT molecular complexity index is 1340. The zero-order valence-electron chi connectivity index (χ0n) is 18.8. The van der Waals surface area contributed by atoms with Gasteiger partial charge in [0, 0.05) is 17.3 Å². The maximum Gasteiger partial charge on any atom is 0.233 e. The molecule has 0 unspecified atom stereocenters. The molecule has 1 aliphatic heterocycles. The Morgan fingerprint density at radius 1 is 1.00 bits per heavy atom. The van der Waals surface area contributed by atoms with Crippen molar-refractivity contribution in [3.8, 4) is 5.75 Å². The van der Waals surface area contributed by atoms with Crippen LogP contribution in [0.4, 0.5) is 20.2 Å². The van der Waals surface area contributed by atoms with E-state index < -0.39 is 40.0 Å². The fraction of sp³-hybridized carbons (Fsp3) is 0.208. The summed E-state index contributed by atoms with van der Waals surface area (Å²) in [6.45, 7) is 0. The van der Waals surface area contributed by atoms with Gasteiger partial charge < -0.3 is 25.8 Å². The number of hydrogen-bond acceptors (Lipinski definition) is 7. The number of phenols is 1. The van der Waals surface area contributed by atoms with Gasteiger partial charge in [-0.2, -0.15) is 0 Å². The summed E-state index contributed by atoms with van der Waals surface area (Å²) in [6.07, 6.45) is -0.565. The molecule has 1 saturated heterocycles. The Kier molecular flexibility index (Phi) is 7.94. The Morgan fingerprint density at radius 3 is 2.14 bits per heavy atom. The van der Waals surface area contributed by atoms with Gasteiger partial charge in [-0.3, -0.25) is 9.52 Å². The van der Waals surface area contributed by atoms with Crippen molar-refractivity contribution in [1.29, 1.82) is 0 Å².